The van der Waals surface area contributed by atoms with E-state index in [4.69, 9.17) is 10.5 Å². The van der Waals surface area contributed by atoms with Gasteiger partial charge in [-0.1, -0.05) is 18.2 Å². The number of nitrogens with zero attached hydrogens (tertiary/aromatic N) is 3. The zero-order chi connectivity index (χ0) is 19.8. The number of rotatable bonds is 4. The number of nitrogens with one attached hydrogen (secondary N) is 1. The third-order valence-electron chi connectivity index (χ3n) is 4.34. The van der Waals surface area contributed by atoms with Crippen LogP contribution in [0, 0.1) is 5.82 Å². The van der Waals surface area contributed by atoms with Crippen molar-refractivity contribution < 1.29 is 14.2 Å². The van der Waals surface area contributed by atoms with E-state index in [0.717, 1.165) is 0 Å². The molecule has 0 spiro atoms. The van der Waals surface area contributed by atoms with Crippen molar-refractivity contribution in [3.05, 3.63) is 64.3 Å². The Labute approximate surface area is 158 Å². The standard InChI is InChI=1S/C19H16FN5O3/c1-28-13-6-5-11(14(20)8-13)9-25-18-15(22-19(25)27)16(21)23-17(24-18)10-3-2-4-12(26)7-10/h2-8,26H,9H2,1H3,(H,22,27)(H2,21,23,24). The summed E-state index contributed by atoms with van der Waals surface area (Å²) in [6.45, 7) is -0.0510. The van der Waals surface area contributed by atoms with Crippen LogP contribution < -0.4 is 16.2 Å². The van der Waals surface area contributed by atoms with Gasteiger partial charge in [0.2, 0.25) is 0 Å². The van der Waals surface area contributed by atoms with Crippen LogP contribution >= 0.6 is 0 Å². The lowest BCUT2D eigenvalue weighted by Gasteiger charge is -2.08. The molecule has 8 nitrogen and oxygen atoms in total. The third kappa shape index (κ3) is 3.02. The Morgan fingerprint density at radius 3 is 2.79 bits per heavy atom. The number of phenolic OH excluding ortho intramolecular Hbond substituents is 1. The topological polar surface area (TPSA) is 119 Å². The Kier molecular flexibility index (Phi) is 4.19. The molecule has 2 aromatic carbocycles. The molecule has 9 heteroatoms. The average molecular weight is 381 g/mol. The summed E-state index contributed by atoms with van der Waals surface area (Å²) in [7, 11) is 1.45. The number of nitrogen functional groups attached to an aromatic ring is 1. The number of nitrogens with two attached hydrogens (primary N) is 1. The first-order chi connectivity index (χ1) is 13.5. The van der Waals surface area contributed by atoms with Crippen molar-refractivity contribution in [2.45, 2.75) is 6.54 Å². The van der Waals surface area contributed by atoms with Crippen LogP contribution in [0.5, 0.6) is 11.5 Å². The largest absolute Gasteiger partial charge is 0.508 e. The van der Waals surface area contributed by atoms with Crippen LogP contribution in [0.2, 0.25) is 0 Å². The Bertz CT molecular complexity index is 1250. The van der Waals surface area contributed by atoms with Gasteiger partial charge in [-0.3, -0.25) is 4.57 Å². The van der Waals surface area contributed by atoms with Crippen LogP contribution in [0.3, 0.4) is 0 Å². The van der Waals surface area contributed by atoms with Crippen LogP contribution in [0.4, 0.5) is 10.2 Å². The van der Waals surface area contributed by atoms with Gasteiger partial charge in [-0.25, -0.2) is 19.2 Å². The molecule has 28 heavy (non-hydrogen) atoms. The second-order valence-corrected chi connectivity index (χ2v) is 6.16. The lowest BCUT2D eigenvalue weighted by Crippen LogP contribution is -2.18. The maximum Gasteiger partial charge on any atom is 0.328 e. The summed E-state index contributed by atoms with van der Waals surface area (Å²) < 4.78 is 20.6. The fraction of sp³-hybridized carbons (Fsp3) is 0.105. The summed E-state index contributed by atoms with van der Waals surface area (Å²) in [5.74, 6) is 0.242. The van der Waals surface area contributed by atoms with Crippen molar-refractivity contribution in [1.82, 2.24) is 19.5 Å². The monoisotopic (exact) mass is 381 g/mol. The van der Waals surface area contributed by atoms with E-state index in [0.29, 0.717) is 16.9 Å². The fourth-order valence-electron chi connectivity index (χ4n) is 2.93. The molecule has 0 aliphatic rings. The first kappa shape index (κ1) is 17.5. The molecule has 4 rings (SSSR count). The molecule has 0 atom stereocenters. The van der Waals surface area contributed by atoms with Gasteiger partial charge in [-0.05, 0) is 18.2 Å². The minimum Gasteiger partial charge on any atom is -0.508 e. The molecule has 2 aromatic heterocycles. The lowest BCUT2D eigenvalue weighted by atomic mass is 10.2. The van der Waals surface area contributed by atoms with Gasteiger partial charge >= 0.3 is 5.69 Å². The van der Waals surface area contributed by atoms with Crippen molar-refractivity contribution in [3.63, 3.8) is 0 Å². The number of anilines is 1. The maximum atomic E-state index is 14.3. The normalized spacial score (nSPS) is 11.1. The number of H-pyrrole nitrogens is 1. The van der Waals surface area contributed by atoms with Gasteiger partial charge in [0, 0.05) is 17.2 Å². The van der Waals surface area contributed by atoms with Crippen LogP contribution in [-0.4, -0.2) is 31.7 Å². The molecule has 0 aliphatic carbocycles. The highest BCUT2D eigenvalue weighted by molar-refractivity contribution is 5.83. The number of aromatic nitrogens is 4. The quantitative estimate of drug-likeness (QED) is 0.499. The number of fused-ring (bicyclic) bond motifs is 1. The summed E-state index contributed by atoms with van der Waals surface area (Å²) >= 11 is 0. The van der Waals surface area contributed by atoms with Gasteiger partial charge < -0.3 is 20.6 Å². The number of benzene rings is 2. The minimum atomic E-state index is -0.504. The van der Waals surface area contributed by atoms with Gasteiger partial charge in [0.1, 0.15) is 22.8 Å². The number of phenols is 1. The molecule has 0 unspecified atom stereocenters. The molecule has 0 amide bonds. The Hall–Kier alpha value is -3.88. The van der Waals surface area contributed by atoms with Crippen LogP contribution in [-0.2, 0) is 6.54 Å². The van der Waals surface area contributed by atoms with Gasteiger partial charge in [0.15, 0.2) is 17.3 Å². The zero-order valence-corrected chi connectivity index (χ0v) is 14.8. The number of ether oxygens (including phenoxy) is 1. The Balaban J connectivity index is 1.85. The fourth-order valence-corrected chi connectivity index (χ4v) is 2.93. The number of imidazole rings is 1. The molecular weight excluding hydrogens is 365 g/mol. The van der Waals surface area contributed by atoms with E-state index < -0.39 is 11.5 Å². The number of hydrogen-bond acceptors (Lipinski definition) is 6. The van der Waals surface area contributed by atoms with Crippen LogP contribution in [0.15, 0.2) is 47.3 Å². The zero-order valence-electron chi connectivity index (χ0n) is 14.8. The molecule has 142 valence electrons. The third-order valence-corrected chi connectivity index (χ3v) is 4.34. The SMILES string of the molecule is COc1ccc(Cn2c(=O)[nH]c3c(N)nc(-c4cccc(O)c4)nc32)c(F)c1. The van der Waals surface area contributed by atoms with Gasteiger partial charge in [0.05, 0.1) is 13.7 Å². The average Bonchev–Trinajstić information content (AvgIpc) is 2.99. The number of aromatic hydroxyl groups is 1. The van der Waals surface area contributed by atoms with Crippen molar-refractivity contribution in [1.29, 1.82) is 0 Å². The highest BCUT2D eigenvalue weighted by atomic mass is 19.1. The molecule has 0 radical (unpaired) electrons. The predicted molar refractivity (Wildman–Crippen MR) is 102 cm³/mol. The predicted octanol–water partition coefficient (Wildman–Crippen LogP) is 2.27. The smallest absolute Gasteiger partial charge is 0.328 e. The van der Waals surface area contributed by atoms with E-state index >= 15 is 0 Å². The number of methoxy groups -OCH3 is 1. The van der Waals surface area contributed by atoms with Crippen LogP contribution in [0.25, 0.3) is 22.6 Å². The van der Waals surface area contributed by atoms with E-state index in [-0.39, 0.29) is 35.1 Å². The molecule has 4 aromatic rings. The maximum absolute atomic E-state index is 14.3. The Morgan fingerprint density at radius 1 is 1.25 bits per heavy atom. The molecule has 0 saturated carbocycles. The highest BCUT2D eigenvalue weighted by Crippen LogP contribution is 2.24. The van der Waals surface area contributed by atoms with Gasteiger partial charge in [0.25, 0.3) is 0 Å². The van der Waals surface area contributed by atoms with Gasteiger partial charge in [-0.15, -0.1) is 0 Å². The van der Waals surface area contributed by atoms with Crippen molar-refractivity contribution in [2.24, 2.45) is 0 Å². The second-order valence-electron chi connectivity index (χ2n) is 6.16. The molecule has 0 bridgehead atoms. The summed E-state index contributed by atoms with van der Waals surface area (Å²) in [4.78, 5) is 23.6. The van der Waals surface area contributed by atoms with E-state index in [1.165, 1.54) is 29.9 Å². The van der Waals surface area contributed by atoms with Gasteiger partial charge in [-0.2, -0.15) is 0 Å². The first-order valence-electron chi connectivity index (χ1n) is 8.34. The second kappa shape index (κ2) is 6.69. The first-order valence-corrected chi connectivity index (χ1v) is 8.34. The van der Waals surface area contributed by atoms with Crippen molar-refractivity contribution in [3.8, 4) is 22.9 Å². The summed E-state index contributed by atoms with van der Waals surface area (Å²) in [6, 6.07) is 10.8. The number of aromatic amines is 1. The summed E-state index contributed by atoms with van der Waals surface area (Å²) in [5.41, 5.74) is 6.83. The lowest BCUT2D eigenvalue weighted by molar-refractivity contribution is 0.410. The Morgan fingerprint density at radius 2 is 2.07 bits per heavy atom. The van der Waals surface area contributed by atoms with Crippen LogP contribution in [0.1, 0.15) is 5.56 Å². The molecule has 4 N–H and O–H groups in total. The molecule has 0 aliphatic heterocycles. The van der Waals surface area contributed by atoms with E-state index in [2.05, 4.69) is 15.0 Å². The van der Waals surface area contributed by atoms with E-state index in [9.17, 15) is 14.3 Å². The molecule has 2 heterocycles. The summed E-state index contributed by atoms with van der Waals surface area (Å²) in [6.07, 6.45) is 0. The minimum absolute atomic E-state index is 0.0477. The number of halogens is 1. The van der Waals surface area contributed by atoms with Crippen molar-refractivity contribution in [2.75, 3.05) is 12.8 Å². The number of hydrogen-bond donors (Lipinski definition) is 3. The highest BCUT2D eigenvalue weighted by Gasteiger charge is 2.16. The summed E-state index contributed by atoms with van der Waals surface area (Å²) in [5, 5.41) is 9.68. The van der Waals surface area contributed by atoms with E-state index in [1.54, 1.807) is 24.3 Å². The van der Waals surface area contributed by atoms with Crippen molar-refractivity contribution >= 4 is 17.0 Å². The molecule has 0 saturated heterocycles. The van der Waals surface area contributed by atoms with E-state index in [1.807, 2.05) is 0 Å². The molecule has 0 fully saturated rings. The molecular formula is C19H16FN5O3.